The molecule has 2 heterocycles. The molecule has 0 aliphatic carbocycles. The molecular weight excluding hydrogens is 462 g/mol. The molecule has 2 bridgehead atoms. The number of carbonyl (C=O) groups is 5. The molecule has 35 heavy (non-hydrogen) atoms. The highest BCUT2D eigenvalue weighted by Gasteiger charge is 2.39. The first-order valence-corrected chi connectivity index (χ1v) is 11.5. The highest BCUT2D eigenvalue weighted by atomic mass is 16.4. The molecule has 2 rings (SSSR count). The molecule has 15 nitrogen and oxygen atoms in total. The van der Waals surface area contributed by atoms with Crippen LogP contribution in [0.3, 0.4) is 0 Å². The molecule has 0 aromatic heterocycles. The van der Waals surface area contributed by atoms with Gasteiger partial charge in [0.05, 0.1) is 19.0 Å². The number of hydrogen-bond donors (Lipinski definition) is 8. The lowest BCUT2D eigenvalue weighted by Crippen LogP contribution is -2.55. The molecule has 0 saturated carbocycles. The summed E-state index contributed by atoms with van der Waals surface area (Å²) in [5.74, 6) is -3.78. The minimum Gasteiger partial charge on any atom is -0.481 e. The number of amides is 4. The number of carboxylic acid groups (broad SMARTS) is 1. The van der Waals surface area contributed by atoms with Gasteiger partial charge < -0.3 is 43.6 Å². The van der Waals surface area contributed by atoms with Crippen LogP contribution in [0.15, 0.2) is 4.99 Å². The van der Waals surface area contributed by atoms with Crippen LogP contribution < -0.4 is 38.5 Å². The maximum atomic E-state index is 13.2. The number of aliphatic imine (C=N–C) groups is 1. The molecule has 4 amide bonds. The molecule has 0 aromatic carbocycles. The summed E-state index contributed by atoms with van der Waals surface area (Å²) in [4.78, 5) is 68.0. The largest absolute Gasteiger partial charge is 0.481 e. The number of guanidine groups is 1. The average molecular weight is 498 g/mol. The van der Waals surface area contributed by atoms with Crippen molar-refractivity contribution >= 4 is 35.6 Å². The number of nitrogens with two attached hydrogens (primary N) is 3. The first-order valence-electron chi connectivity index (χ1n) is 11.5. The maximum Gasteiger partial charge on any atom is 0.305 e. The van der Waals surface area contributed by atoms with Gasteiger partial charge in [0.2, 0.25) is 23.6 Å². The van der Waals surface area contributed by atoms with Gasteiger partial charge in [-0.1, -0.05) is 0 Å². The molecule has 2 saturated heterocycles. The molecule has 196 valence electrons. The SMILES string of the molecule is NCCCN1C[C@@H]2C[C@H]1C(=O)N[C@@H](CCCN=C(N)N)C(=O)NCC(=O)N[C@@H](CC(=O)O)C(=O)N2. The number of nitrogens with zero attached hydrogens (tertiary/aromatic N) is 2. The first kappa shape index (κ1) is 27.8. The van der Waals surface area contributed by atoms with Gasteiger partial charge in [0.25, 0.3) is 0 Å². The Bertz CT molecular complexity index is 832. The first-order chi connectivity index (χ1) is 16.6. The van der Waals surface area contributed by atoms with Crippen molar-refractivity contribution in [1.82, 2.24) is 26.2 Å². The summed E-state index contributed by atoms with van der Waals surface area (Å²) >= 11 is 0. The van der Waals surface area contributed by atoms with Gasteiger partial charge >= 0.3 is 5.97 Å². The summed E-state index contributed by atoms with van der Waals surface area (Å²) in [6, 6.07) is -3.37. The molecule has 0 unspecified atom stereocenters. The van der Waals surface area contributed by atoms with Crippen LogP contribution in [0, 0.1) is 0 Å². The molecule has 2 aliphatic heterocycles. The quantitative estimate of drug-likeness (QED) is 0.0861. The van der Waals surface area contributed by atoms with Gasteiger partial charge in [0.1, 0.15) is 12.1 Å². The maximum absolute atomic E-state index is 13.2. The number of fused-ring (bicyclic) bond motifs is 2. The molecule has 0 radical (unpaired) electrons. The van der Waals surface area contributed by atoms with Gasteiger partial charge in [-0.3, -0.25) is 33.9 Å². The Labute approximate surface area is 202 Å². The van der Waals surface area contributed by atoms with E-state index in [9.17, 15) is 24.0 Å². The summed E-state index contributed by atoms with van der Waals surface area (Å²) in [6.45, 7) is 0.985. The molecule has 11 N–H and O–H groups in total. The fraction of sp³-hybridized carbons (Fsp3) is 0.700. The van der Waals surface area contributed by atoms with Crippen LogP contribution in [0.4, 0.5) is 0 Å². The Hall–Kier alpha value is -3.46. The summed E-state index contributed by atoms with van der Waals surface area (Å²) in [6.07, 6.45) is 0.839. The fourth-order valence-corrected chi connectivity index (χ4v) is 4.08. The fourth-order valence-electron chi connectivity index (χ4n) is 4.08. The lowest BCUT2D eigenvalue weighted by Gasteiger charge is -2.26. The predicted octanol–water partition coefficient (Wildman–Crippen LogP) is -4.48. The third-order valence-corrected chi connectivity index (χ3v) is 5.73. The van der Waals surface area contributed by atoms with Crippen molar-refractivity contribution in [3.63, 3.8) is 0 Å². The van der Waals surface area contributed by atoms with Crippen LogP contribution >= 0.6 is 0 Å². The van der Waals surface area contributed by atoms with E-state index in [0.717, 1.165) is 0 Å². The van der Waals surface area contributed by atoms with E-state index in [1.807, 2.05) is 4.90 Å². The third kappa shape index (κ3) is 9.01. The van der Waals surface area contributed by atoms with Gasteiger partial charge in [-0.15, -0.1) is 0 Å². The topological polar surface area (TPSA) is 247 Å². The number of likely N-dealkylation sites (tertiary alicyclic amines) is 1. The molecule has 0 spiro atoms. The second-order valence-electron chi connectivity index (χ2n) is 8.54. The number of carboxylic acids is 1. The van der Waals surface area contributed by atoms with E-state index in [1.165, 1.54) is 0 Å². The third-order valence-electron chi connectivity index (χ3n) is 5.73. The molecule has 2 aliphatic rings. The Kier molecular flexibility index (Phi) is 10.7. The predicted molar refractivity (Wildman–Crippen MR) is 125 cm³/mol. The molecule has 15 heteroatoms. The van der Waals surface area contributed by atoms with Gasteiger partial charge in [0, 0.05) is 25.7 Å². The summed E-state index contributed by atoms with van der Waals surface area (Å²) < 4.78 is 0. The second-order valence-corrected chi connectivity index (χ2v) is 8.54. The van der Waals surface area contributed by atoms with E-state index >= 15 is 0 Å². The van der Waals surface area contributed by atoms with E-state index in [4.69, 9.17) is 22.3 Å². The van der Waals surface area contributed by atoms with Crippen molar-refractivity contribution in [2.45, 2.75) is 56.3 Å². The number of rotatable bonds is 9. The second kappa shape index (κ2) is 13.4. The van der Waals surface area contributed by atoms with Crippen LogP contribution in [0.25, 0.3) is 0 Å². The van der Waals surface area contributed by atoms with Crippen LogP contribution in [0.5, 0.6) is 0 Å². The average Bonchev–Trinajstić information content (AvgIpc) is 3.18. The van der Waals surface area contributed by atoms with Gasteiger partial charge in [-0.25, -0.2) is 0 Å². The van der Waals surface area contributed by atoms with Gasteiger partial charge in [-0.2, -0.15) is 0 Å². The summed E-state index contributed by atoms with van der Waals surface area (Å²) in [5, 5.41) is 19.4. The van der Waals surface area contributed by atoms with E-state index < -0.39 is 66.7 Å². The van der Waals surface area contributed by atoms with Crippen LogP contribution in [0.1, 0.15) is 32.1 Å². The Balaban J connectivity index is 2.26. The minimum absolute atomic E-state index is 0.0910. The van der Waals surface area contributed by atoms with Crippen molar-refractivity contribution in [3.8, 4) is 0 Å². The number of carbonyl (C=O) groups excluding carboxylic acids is 4. The Morgan fingerprint density at radius 2 is 1.77 bits per heavy atom. The van der Waals surface area contributed by atoms with Crippen molar-refractivity contribution in [2.24, 2.45) is 22.2 Å². The van der Waals surface area contributed by atoms with Crippen LogP contribution in [-0.4, -0.2) is 102 Å². The van der Waals surface area contributed by atoms with Crippen molar-refractivity contribution in [1.29, 1.82) is 0 Å². The Morgan fingerprint density at radius 3 is 2.43 bits per heavy atom. The van der Waals surface area contributed by atoms with E-state index in [1.54, 1.807) is 0 Å². The standard InChI is InChI=1S/C20H35N9O6/c21-4-2-6-29-10-11-7-14(29)19(35)28-12(3-1-5-24-20(22)23)17(33)25-9-15(30)27-13(8-16(31)32)18(34)26-11/h11-14H,1-10,21H2,(H,25,33)(H,26,34)(H,27,30)(H,28,35)(H,31,32)(H4,22,23,24)/t11-,12-,13-,14-/m0/s1. The van der Waals surface area contributed by atoms with Crippen LogP contribution in [0.2, 0.25) is 0 Å². The summed E-state index contributed by atoms with van der Waals surface area (Å²) in [7, 11) is 0. The minimum atomic E-state index is -1.33. The van der Waals surface area contributed by atoms with E-state index in [-0.39, 0.29) is 25.3 Å². The van der Waals surface area contributed by atoms with Crippen molar-refractivity contribution in [2.75, 3.05) is 32.7 Å². The zero-order valence-electron chi connectivity index (χ0n) is 19.5. The summed E-state index contributed by atoms with van der Waals surface area (Å²) in [5.41, 5.74) is 16.3. The van der Waals surface area contributed by atoms with Gasteiger partial charge in [0.15, 0.2) is 5.96 Å². The lowest BCUT2D eigenvalue weighted by atomic mass is 10.1. The number of hydrogen-bond acceptors (Lipinski definition) is 8. The monoisotopic (exact) mass is 497 g/mol. The normalized spacial score (nSPS) is 26.1. The van der Waals surface area contributed by atoms with Crippen molar-refractivity contribution < 1.29 is 29.1 Å². The lowest BCUT2D eigenvalue weighted by molar-refractivity contribution is -0.141. The van der Waals surface area contributed by atoms with E-state index in [2.05, 4.69) is 26.3 Å². The smallest absolute Gasteiger partial charge is 0.305 e. The zero-order valence-corrected chi connectivity index (χ0v) is 19.5. The molecule has 2 fully saturated rings. The molecule has 0 aromatic rings. The highest BCUT2D eigenvalue weighted by molar-refractivity contribution is 5.94. The highest BCUT2D eigenvalue weighted by Crippen LogP contribution is 2.19. The van der Waals surface area contributed by atoms with Crippen LogP contribution in [-0.2, 0) is 24.0 Å². The van der Waals surface area contributed by atoms with Crippen molar-refractivity contribution in [3.05, 3.63) is 0 Å². The zero-order chi connectivity index (χ0) is 26.0. The van der Waals surface area contributed by atoms with E-state index in [0.29, 0.717) is 32.5 Å². The molecular formula is C20H35N9O6. The molecule has 4 atom stereocenters. The number of aliphatic carboxylic acids is 1. The van der Waals surface area contributed by atoms with Gasteiger partial charge in [-0.05, 0) is 32.2 Å². The Morgan fingerprint density at radius 1 is 1.03 bits per heavy atom. The number of nitrogens with one attached hydrogen (secondary N) is 4.